The minimum Gasteiger partial charge on any atom is -0.493 e. The van der Waals surface area contributed by atoms with Gasteiger partial charge >= 0.3 is 0 Å². The highest BCUT2D eigenvalue weighted by Gasteiger charge is 2.33. The summed E-state index contributed by atoms with van der Waals surface area (Å²) in [7, 11) is 3.15. The lowest BCUT2D eigenvalue weighted by Crippen LogP contribution is -2.32. The Labute approximate surface area is 213 Å². The average molecular weight is 512 g/mol. The molecule has 0 N–H and O–H groups in total. The van der Waals surface area contributed by atoms with Crippen LogP contribution in [0.25, 0.3) is 6.08 Å². The molecule has 3 aromatic rings. The summed E-state index contributed by atoms with van der Waals surface area (Å²) in [5.41, 5.74) is 4.00. The van der Waals surface area contributed by atoms with Gasteiger partial charge in [0.1, 0.15) is 18.2 Å². The number of carbonyl (C=O) groups excluding carboxylic acids is 1. The van der Waals surface area contributed by atoms with Crippen molar-refractivity contribution in [2.24, 2.45) is 0 Å². The summed E-state index contributed by atoms with van der Waals surface area (Å²) in [5.74, 6) is 2.56. The maximum atomic E-state index is 13.2. The van der Waals surface area contributed by atoms with E-state index in [4.69, 9.17) is 42.1 Å². The maximum absolute atomic E-state index is 13.2. The zero-order valence-corrected chi connectivity index (χ0v) is 21.0. The van der Waals surface area contributed by atoms with Gasteiger partial charge in [0.15, 0.2) is 17.3 Å². The van der Waals surface area contributed by atoms with Crippen molar-refractivity contribution in [2.75, 3.05) is 21.0 Å². The highest BCUT2D eigenvalue weighted by Crippen LogP contribution is 2.43. The van der Waals surface area contributed by atoms with Crippen molar-refractivity contribution in [1.82, 2.24) is 4.90 Å². The molecule has 0 saturated heterocycles. The van der Waals surface area contributed by atoms with Crippen LogP contribution in [0.5, 0.6) is 23.0 Å². The van der Waals surface area contributed by atoms with Gasteiger partial charge in [-0.05, 0) is 54.5 Å². The molecule has 0 fully saturated rings. The Kier molecular flexibility index (Phi) is 6.36. The molecule has 180 valence electrons. The number of halogens is 2. The topological polar surface area (TPSA) is 57.2 Å². The molecule has 6 nitrogen and oxygen atoms in total. The number of hydrogen-bond acceptors (Lipinski definition) is 6. The molecular weight excluding hydrogens is 489 g/mol. The average Bonchev–Trinajstić information content (AvgIpc) is 3.16. The minimum absolute atomic E-state index is 0.168. The molecule has 0 amide bonds. The molecule has 2 heterocycles. The van der Waals surface area contributed by atoms with E-state index in [2.05, 4.69) is 4.90 Å². The zero-order chi connectivity index (χ0) is 24.7. The summed E-state index contributed by atoms with van der Waals surface area (Å²) in [4.78, 5) is 15.3. The second-order valence-electron chi connectivity index (χ2n) is 8.42. The maximum Gasteiger partial charge on any atom is 0.231 e. The third-order valence-electron chi connectivity index (χ3n) is 6.12. The predicted octanol–water partition coefficient (Wildman–Crippen LogP) is 6.29. The summed E-state index contributed by atoms with van der Waals surface area (Å²) in [6.07, 6.45) is 1.71. The van der Waals surface area contributed by atoms with Crippen molar-refractivity contribution in [2.45, 2.75) is 20.0 Å². The van der Waals surface area contributed by atoms with E-state index in [-0.39, 0.29) is 11.5 Å². The van der Waals surface area contributed by atoms with Gasteiger partial charge in [0.05, 0.1) is 19.8 Å². The van der Waals surface area contributed by atoms with Gasteiger partial charge in [-0.2, -0.15) is 0 Å². The second kappa shape index (κ2) is 9.46. The standard InChI is InChI=1S/C27H23Cl2NO5/c1-15-26-18(13-30(14-34-26)12-17-5-6-19(28)11-21(17)29)10-20-25(31)24(35-27(15)20)9-16-4-7-22(32-2)23(8-16)33-3/h4-11H,12-14H2,1-3H3/b24-9-. The minimum atomic E-state index is -0.168. The summed E-state index contributed by atoms with van der Waals surface area (Å²) >= 11 is 12.4. The third-order valence-corrected chi connectivity index (χ3v) is 6.70. The van der Waals surface area contributed by atoms with Gasteiger partial charge in [0, 0.05) is 34.3 Å². The van der Waals surface area contributed by atoms with Crippen LogP contribution in [0.4, 0.5) is 0 Å². The number of ketones is 1. The number of hydrogen-bond donors (Lipinski definition) is 0. The van der Waals surface area contributed by atoms with E-state index in [9.17, 15) is 4.79 Å². The van der Waals surface area contributed by atoms with Crippen LogP contribution in [0.2, 0.25) is 10.0 Å². The summed E-state index contributed by atoms with van der Waals surface area (Å²) < 4.78 is 22.8. The highest BCUT2D eigenvalue weighted by atomic mass is 35.5. The van der Waals surface area contributed by atoms with Gasteiger partial charge in [-0.3, -0.25) is 9.69 Å². The first-order valence-corrected chi connectivity index (χ1v) is 11.8. The fourth-order valence-corrected chi connectivity index (χ4v) is 4.85. The summed E-state index contributed by atoms with van der Waals surface area (Å²) in [5, 5.41) is 1.21. The number of allylic oxidation sites excluding steroid dienone is 1. The van der Waals surface area contributed by atoms with Gasteiger partial charge in [0.2, 0.25) is 5.78 Å². The first-order chi connectivity index (χ1) is 16.9. The van der Waals surface area contributed by atoms with Crippen molar-refractivity contribution >= 4 is 35.1 Å². The Morgan fingerprint density at radius 1 is 1.03 bits per heavy atom. The van der Waals surface area contributed by atoms with Crippen LogP contribution >= 0.6 is 23.2 Å². The predicted molar refractivity (Wildman–Crippen MR) is 135 cm³/mol. The van der Waals surface area contributed by atoms with Crippen LogP contribution in [-0.2, 0) is 13.1 Å². The molecule has 3 aromatic carbocycles. The number of Topliss-reactive ketones (excluding diaryl/α,β-unsaturated/α-hetero) is 1. The van der Waals surface area contributed by atoms with Crippen LogP contribution in [0, 0.1) is 6.92 Å². The van der Waals surface area contributed by atoms with Crippen LogP contribution in [0.15, 0.2) is 48.2 Å². The summed E-state index contributed by atoms with van der Waals surface area (Å²) in [6.45, 7) is 3.52. The van der Waals surface area contributed by atoms with E-state index >= 15 is 0 Å². The molecule has 0 saturated carbocycles. The zero-order valence-electron chi connectivity index (χ0n) is 19.5. The van der Waals surface area contributed by atoms with E-state index in [1.165, 1.54) is 0 Å². The van der Waals surface area contributed by atoms with Crippen molar-refractivity contribution in [3.8, 4) is 23.0 Å². The van der Waals surface area contributed by atoms with E-state index < -0.39 is 0 Å². The normalized spacial score (nSPS) is 15.9. The molecule has 0 bridgehead atoms. The molecule has 2 aliphatic heterocycles. The molecule has 0 spiro atoms. The lowest BCUT2D eigenvalue weighted by Gasteiger charge is -2.30. The van der Waals surface area contributed by atoms with E-state index in [0.717, 1.165) is 28.0 Å². The molecule has 0 atom stereocenters. The van der Waals surface area contributed by atoms with E-state index in [1.54, 1.807) is 38.5 Å². The fourth-order valence-electron chi connectivity index (χ4n) is 4.38. The smallest absolute Gasteiger partial charge is 0.231 e. The molecule has 8 heteroatoms. The van der Waals surface area contributed by atoms with Gasteiger partial charge in [0.25, 0.3) is 0 Å². The van der Waals surface area contributed by atoms with Gasteiger partial charge < -0.3 is 18.9 Å². The molecular formula is C27H23Cl2NO5. The molecule has 0 unspecified atom stereocenters. The van der Waals surface area contributed by atoms with Gasteiger partial charge in [-0.1, -0.05) is 35.3 Å². The van der Waals surface area contributed by atoms with Crippen molar-refractivity contribution in [3.05, 3.63) is 86.1 Å². The van der Waals surface area contributed by atoms with E-state index in [1.807, 2.05) is 31.2 Å². The monoisotopic (exact) mass is 511 g/mol. The Morgan fingerprint density at radius 3 is 2.57 bits per heavy atom. The number of fused-ring (bicyclic) bond motifs is 2. The SMILES string of the molecule is COc1ccc(/C=C2\Oc3c(cc4c(c3C)OCN(Cc3ccc(Cl)cc3Cl)C4)C2=O)cc1OC. The quantitative estimate of drug-likeness (QED) is 0.375. The van der Waals surface area contributed by atoms with Crippen LogP contribution in [0.1, 0.15) is 32.6 Å². The lowest BCUT2D eigenvalue weighted by atomic mass is 9.99. The third kappa shape index (κ3) is 4.45. The number of rotatable bonds is 5. The Balaban J connectivity index is 1.41. The number of carbonyl (C=O) groups is 1. The summed E-state index contributed by atoms with van der Waals surface area (Å²) in [6, 6.07) is 12.8. The Bertz CT molecular complexity index is 1370. The second-order valence-corrected chi connectivity index (χ2v) is 9.26. The van der Waals surface area contributed by atoms with Gasteiger partial charge in [-0.15, -0.1) is 0 Å². The number of ether oxygens (including phenoxy) is 4. The first kappa shape index (κ1) is 23.5. The van der Waals surface area contributed by atoms with Crippen LogP contribution < -0.4 is 18.9 Å². The number of benzene rings is 3. The molecule has 2 aliphatic rings. The molecule has 0 radical (unpaired) electrons. The van der Waals surface area contributed by atoms with Crippen molar-refractivity contribution in [1.29, 1.82) is 0 Å². The number of methoxy groups -OCH3 is 2. The van der Waals surface area contributed by atoms with Crippen molar-refractivity contribution < 1.29 is 23.7 Å². The Hall–Kier alpha value is -3.19. The number of nitrogens with zero attached hydrogens (tertiary/aromatic N) is 1. The Morgan fingerprint density at radius 2 is 1.83 bits per heavy atom. The van der Waals surface area contributed by atoms with Crippen LogP contribution in [0.3, 0.4) is 0 Å². The largest absolute Gasteiger partial charge is 0.493 e. The lowest BCUT2D eigenvalue weighted by molar-refractivity contribution is 0.0877. The molecule has 5 rings (SSSR count). The molecule has 0 aromatic heterocycles. The highest BCUT2D eigenvalue weighted by molar-refractivity contribution is 6.35. The van der Waals surface area contributed by atoms with E-state index in [0.29, 0.717) is 52.7 Å². The fraction of sp³-hybridized carbons (Fsp3) is 0.222. The molecule has 0 aliphatic carbocycles. The first-order valence-electron chi connectivity index (χ1n) is 11.0. The van der Waals surface area contributed by atoms with Crippen molar-refractivity contribution in [3.63, 3.8) is 0 Å². The van der Waals surface area contributed by atoms with Crippen LogP contribution in [-0.4, -0.2) is 31.6 Å². The molecule has 35 heavy (non-hydrogen) atoms. The van der Waals surface area contributed by atoms with Gasteiger partial charge in [-0.25, -0.2) is 0 Å².